The molecule has 2 rings (SSSR count). The van der Waals surface area contributed by atoms with E-state index in [1.807, 2.05) is 6.92 Å². The van der Waals surface area contributed by atoms with Crippen LogP contribution < -0.4 is 5.32 Å². The lowest BCUT2D eigenvalue weighted by molar-refractivity contribution is -0.148. The molecule has 0 spiro atoms. The average Bonchev–Trinajstić information content (AvgIpc) is 3.09. The van der Waals surface area contributed by atoms with Crippen LogP contribution in [0.3, 0.4) is 0 Å². The molecule has 1 aliphatic rings. The fourth-order valence-corrected chi connectivity index (χ4v) is 2.75. The number of nitrogens with one attached hydrogen (secondary N) is 1. The Balaban J connectivity index is 1.82. The van der Waals surface area contributed by atoms with E-state index in [0.717, 1.165) is 6.42 Å². The lowest BCUT2D eigenvalue weighted by Gasteiger charge is -2.24. The molecule has 1 fully saturated rings. The van der Waals surface area contributed by atoms with Crippen molar-refractivity contribution in [2.75, 3.05) is 19.6 Å². The van der Waals surface area contributed by atoms with Crippen molar-refractivity contribution < 1.29 is 14.7 Å². The Morgan fingerprint density at radius 3 is 2.90 bits per heavy atom. The Kier molecular flexibility index (Phi) is 4.77. The minimum atomic E-state index is -0.803. The van der Waals surface area contributed by atoms with E-state index in [1.54, 1.807) is 22.0 Å². The number of rotatable bonds is 6. The van der Waals surface area contributed by atoms with Crippen LogP contribution in [0.15, 0.2) is 12.4 Å². The van der Waals surface area contributed by atoms with Gasteiger partial charge in [-0.2, -0.15) is 0 Å². The largest absolute Gasteiger partial charge is 0.481 e. The maximum Gasteiger partial charge on any atom is 0.317 e. The van der Waals surface area contributed by atoms with E-state index in [0.29, 0.717) is 32.5 Å². The molecule has 1 aromatic rings. The van der Waals surface area contributed by atoms with Gasteiger partial charge in [0.15, 0.2) is 0 Å². The predicted octanol–water partition coefficient (Wildman–Crippen LogP) is 0.564. The molecule has 0 bridgehead atoms. The van der Waals surface area contributed by atoms with Crippen LogP contribution >= 0.6 is 0 Å². The monoisotopic (exact) mass is 295 g/mol. The van der Waals surface area contributed by atoms with E-state index >= 15 is 0 Å². The summed E-state index contributed by atoms with van der Waals surface area (Å²) >= 11 is 0. The number of carbonyl (C=O) groups excluding carboxylic acids is 1. The van der Waals surface area contributed by atoms with E-state index in [1.165, 1.54) is 0 Å². The SMILES string of the molecule is CCCC1(C(=O)O)CCN(C(=O)NCCn2ccnn2)C1. The van der Waals surface area contributed by atoms with E-state index in [2.05, 4.69) is 15.6 Å². The number of aliphatic carboxylic acids is 1. The summed E-state index contributed by atoms with van der Waals surface area (Å²) in [4.78, 5) is 25.1. The molecular weight excluding hydrogens is 274 g/mol. The van der Waals surface area contributed by atoms with Gasteiger partial charge in [-0.05, 0) is 12.8 Å². The number of amides is 2. The van der Waals surface area contributed by atoms with Crippen molar-refractivity contribution in [3.8, 4) is 0 Å². The van der Waals surface area contributed by atoms with Gasteiger partial charge in [0.25, 0.3) is 0 Å². The second-order valence-electron chi connectivity index (χ2n) is 5.41. The lowest BCUT2D eigenvalue weighted by atomic mass is 9.83. The van der Waals surface area contributed by atoms with Crippen LogP contribution in [0, 0.1) is 5.41 Å². The van der Waals surface area contributed by atoms with Crippen LogP contribution in [0.2, 0.25) is 0 Å². The highest BCUT2D eigenvalue weighted by atomic mass is 16.4. The van der Waals surface area contributed by atoms with Crippen molar-refractivity contribution in [3.05, 3.63) is 12.4 Å². The molecule has 0 aliphatic carbocycles. The summed E-state index contributed by atoms with van der Waals surface area (Å²) in [7, 11) is 0. The molecule has 1 atom stereocenters. The van der Waals surface area contributed by atoms with E-state index in [-0.39, 0.29) is 12.6 Å². The van der Waals surface area contributed by atoms with Crippen LogP contribution in [0.1, 0.15) is 26.2 Å². The summed E-state index contributed by atoms with van der Waals surface area (Å²) in [6.07, 6.45) is 5.22. The van der Waals surface area contributed by atoms with E-state index < -0.39 is 11.4 Å². The first-order chi connectivity index (χ1) is 10.1. The molecule has 2 N–H and O–H groups in total. The molecule has 0 radical (unpaired) electrons. The molecule has 8 nitrogen and oxygen atoms in total. The smallest absolute Gasteiger partial charge is 0.317 e. The highest BCUT2D eigenvalue weighted by molar-refractivity contribution is 5.79. The molecule has 2 heterocycles. The Labute approximate surface area is 123 Å². The first kappa shape index (κ1) is 15.3. The second kappa shape index (κ2) is 6.55. The molecule has 0 saturated carbocycles. The number of hydrogen-bond donors (Lipinski definition) is 2. The zero-order valence-electron chi connectivity index (χ0n) is 12.2. The first-order valence-corrected chi connectivity index (χ1v) is 7.18. The Morgan fingerprint density at radius 1 is 1.48 bits per heavy atom. The third kappa shape index (κ3) is 3.50. The number of carboxylic acids is 1. The average molecular weight is 295 g/mol. The van der Waals surface area contributed by atoms with Gasteiger partial charge in [-0.15, -0.1) is 5.10 Å². The summed E-state index contributed by atoms with van der Waals surface area (Å²) in [6, 6.07) is -0.214. The van der Waals surface area contributed by atoms with Crippen molar-refractivity contribution in [1.82, 2.24) is 25.2 Å². The Bertz CT molecular complexity index is 490. The molecule has 21 heavy (non-hydrogen) atoms. The van der Waals surface area contributed by atoms with Gasteiger partial charge in [-0.25, -0.2) is 4.79 Å². The molecule has 1 unspecified atom stereocenters. The molecule has 1 saturated heterocycles. The topological polar surface area (TPSA) is 100 Å². The predicted molar refractivity (Wildman–Crippen MR) is 74.6 cm³/mol. The summed E-state index contributed by atoms with van der Waals surface area (Å²) < 4.78 is 1.63. The van der Waals surface area contributed by atoms with Crippen molar-refractivity contribution in [2.24, 2.45) is 5.41 Å². The highest BCUT2D eigenvalue weighted by Gasteiger charge is 2.45. The number of likely N-dealkylation sites (tertiary alicyclic amines) is 1. The van der Waals surface area contributed by atoms with Crippen molar-refractivity contribution in [2.45, 2.75) is 32.7 Å². The highest BCUT2D eigenvalue weighted by Crippen LogP contribution is 2.35. The molecule has 2 amide bonds. The van der Waals surface area contributed by atoms with Gasteiger partial charge in [0.05, 0.1) is 18.2 Å². The van der Waals surface area contributed by atoms with E-state index in [4.69, 9.17) is 0 Å². The van der Waals surface area contributed by atoms with Crippen LogP contribution in [-0.4, -0.2) is 56.6 Å². The Hall–Kier alpha value is -2.12. The number of aromatic nitrogens is 3. The number of hydrogen-bond acceptors (Lipinski definition) is 4. The summed E-state index contributed by atoms with van der Waals surface area (Å²) in [5.74, 6) is -0.803. The molecule has 0 aromatic carbocycles. The van der Waals surface area contributed by atoms with Crippen molar-refractivity contribution >= 4 is 12.0 Å². The van der Waals surface area contributed by atoms with E-state index in [9.17, 15) is 14.7 Å². The van der Waals surface area contributed by atoms with Gasteiger partial charge in [0, 0.05) is 25.8 Å². The minimum Gasteiger partial charge on any atom is -0.481 e. The fourth-order valence-electron chi connectivity index (χ4n) is 2.75. The summed E-state index contributed by atoms with van der Waals surface area (Å²) in [5.41, 5.74) is -0.780. The quantitative estimate of drug-likeness (QED) is 0.799. The fraction of sp³-hybridized carbons (Fsp3) is 0.692. The summed E-state index contributed by atoms with van der Waals surface area (Å²) in [5, 5.41) is 19.7. The maximum atomic E-state index is 12.1. The van der Waals surface area contributed by atoms with Crippen LogP contribution in [0.4, 0.5) is 4.79 Å². The number of carboxylic acid groups (broad SMARTS) is 1. The van der Waals surface area contributed by atoms with Gasteiger partial charge in [0.1, 0.15) is 0 Å². The van der Waals surface area contributed by atoms with Gasteiger partial charge in [0.2, 0.25) is 0 Å². The number of urea groups is 1. The zero-order chi connectivity index (χ0) is 15.3. The van der Waals surface area contributed by atoms with Crippen LogP contribution in [0.5, 0.6) is 0 Å². The molecular formula is C13H21N5O3. The van der Waals surface area contributed by atoms with Crippen molar-refractivity contribution in [1.29, 1.82) is 0 Å². The standard InChI is InChI=1S/C13H21N5O3/c1-2-3-13(11(19)20)4-7-17(10-13)12(21)14-5-8-18-9-6-15-16-18/h6,9H,2-5,7-8,10H2,1H3,(H,14,21)(H,19,20). The van der Waals surface area contributed by atoms with Gasteiger partial charge in [-0.3, -0.25) is 9.48 Å². The molecule has 1 aliphatic heterocycles. The molecule has 1 aromatic heterocycles. The number of nitrogens with zero attached hydrogens (tertiary/aromatic N) is 4. The van der Waals surface area contributed by atoms with Gasteiger partial charge < -0.3 is 15.3 Å². The first-order valence-electron chi connectivity index (χ1n) is 7.18. The zero-order valence-corrected chi connectivity index (χ0v) is 12.2. The number of carbonyl (C=O) groups is 2. The lowest BCUT2D eigenvalue weighted by Crippen LogP contribution is -2.42. The van der Waals surface area contributed by atoms with Crippen LogP contribution in [-0.2, 0) is 11.3 Å². The van der Waals surface area contributed by atoms with Crippen LogP contribution in [0.25, 0.3) is 0 Å². The van der Waals surface area contributed by atoms with Gasteiger partial charge >= 0.3 is 12.0 Å². The third-order valence-corrected chi connectivity index (χ3v) is 3.91. The summed E-state index contributed by atoms with van der Waals surface area (Å²) in [6.45, 7) is 3.71. The van der Waals surface area contributed by atoms with Gasteiger partial charge in [-0.1, -0.05) is 18.6 Å². The normalized spacial score (nSPS) is 21.5. The van der Waals surface area contributed by atoms with Crippen molar-refractivity contribution in [3.63, 3.8) is 0 Å². The molecule has 116 valence electrons. The second-order valence-corrected chi connectivity index (χ2v) is 5.41. The third-order valence-electron chi connectivity index (χ3n) is 3.91. The maximum absolute atomic E-state index is 12.1. The minimum absolute atomic E-state index is 0.214. The molecule has 8 heteroatoms. The Morgan fingerprint density at radius 2 is 2.29 bits per heavy atom.